The molecule has 0 amide bonds. The largest absolute Gasteiger partial charge is 0.366 e. The van der Waals surface area contributed by atoms with Gasteiger partial charge >= 0.3 is 0 Å². The van der Waals surface area contributed by atoms with Gasteiger partial charge in [0.2, 0.25) is 0 Å². The lowest BCUT2D eigenvalue weighted by molar-refractivity contribution is 0.805. The van der Waals surface area contributed by atoms with E-state index in [-0.39, 0.29) is 0 Å². The molecule has 5 nitrogen and oxygen atoms in total. The van der Waals surface area contributed by atoms with E-state index in [9.17, 15) is 0 Å². The second-order valence-electron chi connectivity index (χ2n) is 3.14. The summed E-state index contributed by atoms with van der Waals surface area (Å²) in [5, 5.41) is 3.35. The minimum Gasteiger partial charge on any atom is -0.366 e. The number of nitrogen functional groups attached to an aromatic ring is 1. The molecule has 0 saturated carbocycles. The summed E-state index contributed by atoms with van der Waals surface area (Å²) >= 11 is 1.97. The van der Waals surface area contributed by atoms with Crippen molar-refractivity contribution in [3.8, 4) is 0 Å². The van der Waals surface area contributed by atoms with Gasteiger partial charge in [0.15, 0.2) is 0 Å². The number of nitrogens with zero attached hydrogens (tertiary/aromatic N) is 2. The van der Waals surface area contributed by atoms with Crippen LogP contribution in [0.3, 0.4) is 0 Å². The lowest BCUT2D eigenvalue weighted by Gasteiger charge is -2.11. The summed E-state index contributed by atoms with van der Waals surface area (Å²) in [6.07, 6.45) is 2.69. The van der Waals surface area contributed by atoms with E-state index in [2.05, 4.69) is 20.7 Å². The zero-order chi connectivity index (χ0) is 9.80. The highest BCUT2D eigenvalue weighted by molar-refractivity contribution is 7.99. The maximum absolute atomic E-state index is 5.25. The zero-order valence-corrected chi connectivity index (χ0v) is 8.55. The topological polar surface area (TPSA) is 75.9 Å². The zero-order valence-electron chi connectivity index (χ0n) is 7.73. The normalized spacial score (nSPS) is 20.8. The fourth-order valence-corrected chi connectivity index (χ4v) is 2.53. The standard InChI is InChI=1S/C8H13N5S/c9-13-8-3-7(10-5-11-8)12-6-1-2-14-4-6/h3,5-6H,1-2,4,9H2,(H2,10,11,12,13). The minimum absolute atomic E-state index is 0.528. The predicted octanol–water partition coefficient (Wildman–Crippen LogP) is 0.680. The van der Waals surface area contributed by atoms with E-state index in [0.717, 1.165) is 11.6 Å². The van der Waals surface area contributed by atoms with Crippen LogP contribution in [0.25, 0.3) is 0 Å². The molecule has 1 aliphatic rings. The van der Waals surface area contributed by atoms with Crippen LogP contribution >= 0.6 is 11.8 Å². The molecule has 1 aromatic heterocycles. The highest BCUT2D eigenvalue weighted by atomic mass is 32.2. The molecule has 0 spiro atoms. The van der Waals surface area contributed by atoms with Crippen molar-refractivity contribution in [1.29, 1.82) is 0 Å². The Bertz CT molecular complexity index is 300. The van der Waals surface area contributed by atoms with Gasteiger partial charge < -0.3 is 10.7 Å². The first-order valence-electron chi connectivity index (χ1n) is 4.51. The monoisotopic (exact) mass is 211 g/mol. The summed E-state index contributed by atoms with van der Waals surface area (Å²) in [6, 6.07) is 2.34. The molecule has 6 heteroatoms. The van der Waals surface area contributed by atoms with Crippen LogP contribution in [-0.4, -0.2) is 27.5 Å². The van der Waals surface area contributed by atoms with Gasteiger partial charge in [0.05, 0.1) is 0 Å². The fourth-order valence-electron chi connectivity index (χ4n) is 1.37. The van der Waals surface area contributed by atoms with Crippen LogP contribution in [0.2, 0.25) is 0 Å². The SMILES string of the molecule is NNc1cc(NC2CCSC2)ncn1. The van der Waals surface area contributed by atoms with E-state index >= 15 is 0 Å². The average molecular weight is 211 g/mol. The third-order valence-corrected chi connectivity index (χ3v) is 3.26. The summed E-state index contributed by atoms with van der Waals surface area (Å²) in [6.45, 7) is 0. The first-order valence-corrected chi connectivity index (χ1v) is 5.67. The van der Waals surface area contributed by atoms with Crippen molar-refractivity contribution in [2.45, 2.75) is 12.5 Å². The van der Waals surface area contributed by atoms with Crippen molar-refractivity contribution in [3.63, 3.8) is 0 Å². The quantitative estimate of drug-likeness (QED) is 0.504. The summed E-state index contributed by atoms with van der Waals surface area (Å²) < 4.78 is 0. The Hall–Kier alpha value is -1.01. The third-order valence-electron chi connectivity index (χ3n) is 2.10. The van der Waals surface area contributed by atoms with Crippen molar-refractivity contribution in [2.75, 3.05) is 22.2 Å². The molecule has 1 saturated heterocycles. The van der Waals surface area contributed by atoms with Gasteiger partial charge in [-0.25, -0.2) is 15.8 Å². The van der Waals surface area contributed by atoms with Gasteiger partial charge in [-0.3, -0.25) is 0 Å². The smallest absolute Gasteiger partial charge is 0.145 e. The Balaban J connectivity index is 2.00. The van der Waals surface area contributed by atoms with Gasteiger partial charge in [-0.15, -0.1) is 0 Å². The summed E-state index contributed by atoms with van der Waals surface area (Å²) in [5.41, 5.74) is 2.50. The highest BCUT2D eigenvalue weighted by Crippen LogP contribution is 2.20. The van der Waals surface area contributed by atoms with Gasteiger partial charge in [-0.2, -0.15) is 11.8 Å². The number of hydrazine groups is 1. The van der Waals surface area contributed by atoms with E-state index in [1.54, 1.807) is 0 Å². The number of hydrogen-bond acceptors (Lipinski definition) is 6. The van der Waals surface area contributed by atoms with E-state index in [1.807, 2.05) is 17.8 Å². The van der Waals surface area contributed by atoms with E-state index < -0.39 is 0 Å². The molecule has 0 aromatic carbocycles. The van der Waals surface area contributed by atoms with E-state index in [0.29, 0.717) is 11.9 Å². The van der Waals surface area contributed by atoms with Crippen LogP contribution in [-0.2, 0) is 0 Å². The van der Waals surface area contributed by atoms with Crippen LogP contribution in [0.5, 0.6) is 0 Å². The summed E-state index contributed by atoms with van der Waals surface area (Å²) in [5.74, 6) is 9.10. The highest BCUT2D eigenvalue weighted by Gasteiger charge is 2.15. The number of aromatic nitrogens is 2. The molecule has 2 rings (SSSR count). The van der Waals surface area contributed by atoms with Gasteiger partial charge in [-0.1, -0.05) is 0 Å². The number of hydrogen-bond donors (Lipinski definition) is 3. The van der Waals surface area contributed by atoms with Crippen LogP contribution in [0.1, 0.15) is 6.42 Å². The van der Waals surface area contributed by atoms with Gasteiger partial charge in [0, 0.05) is 17.9 Å². The molecule has 2 heterocycles. The molecule has 4 N–H and O–H groups in total. The van der Waals surface area contributed by atoms with Crippen molar-refractivity contribution in [1.82, 2.24) is 9.97 Å². The number of nitrogens with two attached hydrogens (primary N) is 1. The molecular formula is C8H13N5S. The summed E-state index contributed by atoms with van der Waals surface area (Å²) in [4.78, 5) is 8.06. The minimum atomic E-state index is 0.528. The Morgan fingerprint density at radius 2 is 2.29 bits per heavy atom. The lowest BCUT2D eigenvalue weighted by atomic mass is 10.2. The van der Waals surface area contributed by atoms with Crippen LogP contribution in [0.4, 0.5) is 11.6 Å². The molecule has 0 bridgehead atoms. The number of anilines is 2. The maximum atomic E-state index is 5.25. The molecule has 1 fully saturated rings. The average Bonchev–Trinajstić information content (AvgIpc) is 2.71. The Morgan fingerprint density at radius 3 is 3.00 bits per heavy atom. The number of rotatable bonds is 3. The first-order chi connectivity index (χ1) is 6.88. The second kappa shape index (κ2) is 4.47. The van der Waals surface area contributed by atoms with Crippen LogP contribution in [0.15, 0.2) is 12.4 Å². The van der Waals surface area contributed by atoms with Gasteiger partial charge in [0.25, 0.3) is 0 Å². The van der Waals surface area contributed by atoms with E-state index in [4.69, 9.17) is 5.84 Å². The molecule has 1 atom stereocenters. The third kappa shape index (κ3) is 2.27. The molecule has 1 aromatic rings. The lowest BCUT2D eigenvalue weighted by Crippen LogP contribution is -2.19. The fraction of sp³-hybridized carbons (Fsp3) is 0.500. The Labute approximate surface area is 86.9 Å². The second-order valence-corrected chi connectivity index (χ2v) is 4.29. The predicted molar refractivity (Wildman–Crippen MR) is 59.2 cm³/mol. The Morgan fingerprint density at radius 1 is 1.43 bits per heavy atom. The molecule has 1 unspecified atom stereocenters. The number of thioether (sulfide) groups is 1. The molecule has 1 aliphatic heterocycles. The molecule has 0 radical (unpaired) electrons. The van der Waals surface area contributed by atoms with Crippen LogP contribution < -0.4 is 16.6 Å². The van der Waals surface area contributed by atoms with Crippen molar-refractivity contribution in [3.05, 3.63) is 12.4 Å². The molecule has 0 aliphatic carbocycles. The van der Waals surface area contributed by atoms with Gasteiger partial charge in [-0.05, 0) is 12.2 Å². The number of nitrogens with one attached hydrogen (secondary N) is 2. The molecular weight excluding hydrogens is 198 g/mol. The van der Waals surface area contributed by atoms with Crippen molar-refractivity contribution >= 4 is 23.4 Å². The van der Waals surface area contributed by atoms with Gasteiger partial charge in [0.1, 0.15) is 18.0 Å². The van der Waals surface area contributed by atoms with Crippen molar-refractivity contribution in [2.24, 2.45) is 5.84 Å². The summed E-state index contributed by atoms with van der Waals surface area (Å²) in [7, 11) is 0. The Kier molecular flexibility index (Phi) is 3.05. The van der Waals surface area contributed by atoms with E-state index in [1.165, 1.54) is 18.5 Å². The van der Waals surface area contributed by atoms with Crippen LogP contribution in [0, 0.1) is 0 Å². The van der Waals surface area contributed by atoms with Crippen molar-refractivity contribution < 1.29 is 0 Å². The molecule has 14 heavy (non-hydrogen) atoms. The maximum Gasteiger partial charge on any atom is 0.145 e. The first kappa shape index (κ1) is 9.54. The molecule has 76 valence electrons.